The maximum atomic E-state index is 11.0. The first-order valence-corrected chi connectivity index (χ1v) is 3.71. The lowest BCUT2D eigenvalue weighted by molar-refractivity contribution is -0.120. The third-order valence-electron chi connectivity index (χ3n) is 1.84. The smallest absolute Gasteiger partial charge is 0.338 e. The standard InChI is InChI=1S/C9H6O4.H3N/c10-5-13-7-1-2-8-6(3-7)4-12-9(8)11;/h1-3,5H,4H2;1H3. The van der Waals surface area contributed by atoms with Gasteiger partial charge in [-0.1, -0.05) is 0 Å². The summed E-state index contributed by atoms with van der Waals surface area (Å²) < 4.78 is 9.39. The molecule has 0 unspecified atom stereocenters. The quantitative estimate of drug-likeness (QED) is 0.563. The molecule has 0 amide bonds. The Bertz CT molecular complexity index is 375. The second-order valence-electron chi connectivity index (χ2n) is 2.61. The van der Waals surface area contributed by atoms with E-state index in [4.69, 9.17) is 4.74 Å². The first kappa shape index (κ1) is 10.2. The van der Waals surface area contributed by atoms with Gasteiger partial charge in [0.2, 0.25) is 0 Å². The predicted molar refractivity (Wildman–Crippen MR) is 47.3 cm³/mol. The molecule has 0 saturated heterocycles. The normalized spacial score (nSPS) is 12.4. The highest BCUT2D eigenvalue weighted by molar-refractivity contribution is 5.93. The number of cyclic esters (lactones) is 1. The summed E-state index contributed by atoms with van der Waals surface area (Å²) in [6.07, 6.45) is 0. The molecule has 1 aromatic carbocycles. The van der Waals surface area contributed by atoms with Crippen LogP contribution >= 0.6 is 0 Å². The summed E-state index contributed by atoms with van der Waals surface area (Å²) in [4.78, 5) is 21.0. The highest BCUT2D eigenvalue weighted by atomic mass is 16.5. The highest BCUT2D eigenvalue weighted by Gasteiger charge is 2.20. The Morgan fingerprint density at radius 2 is 2.21 bits per heavy atom. The van der Waals surface area contributed by atoms with E-state index in [1.165, 1.54) is 0 Å². The number of rotatable bonds is 2. The van der Waals surface area contributed by atoms with Crippen molar-refractivity contribution in [2.24, 2.45) is 0 Å². The van der Waals surface area contributed by atoms with Crippen LogP contribution < -0.4 is 10.9 Å². The molecule has 1 aliphatic heterocycles. The molecule has 74 valence electrons. The molecular weight excluding hydrogens is 186 g/mol. The van der Waals surface area contributed by atoms with Gasteiger partial charge in [-0.05, 0) is 18.2 Å². The summed E-state index contributed by atoms with van der Waals surface area (Å²) in [5.74, 6) is 0.0969. The Balaban J connectivity index is 0.000000980. The number of carbonyl (C=O) groups excluding carboxylic acids is 2. The number of carbonyl (C=O) groups is 2. The van der Waals surface area contributed by atoms with Crippen molar-refractivity contribution < 1.29 is 19.1 Å². The van der Waals surface area contributed by atoms with E-state index < -0.39 is 0 Å². The molecule has 5 nitrogen and oxygen atoms in total. The van der Waals surface area contributed by atoms with Crippen molar-refractivity contribution in [3.8, 4) is 5.75 Å². The first-order valence-electron chi connectivity index (χ1n) is 3.71. The van der Waals surface area contributed by atoms with E-state index >= 15 is 0 Å². The van der Waals surface area contributed by atoms with Crippen LogP contribution in [0.1, 0.15) is 15.9 Å². The van der Waals surface area contributed by atoms with Crippen LogP contribution in [0, 0.1) is 0 Å². The third kappa shape index (κ3) is 1.57. The van der Waals surface area contributed by atoms with E-state index in [0.29, 0.717) is 17.8 Å². The van der Waals surface area contributed by atoms with Crippen molar-refractivity contribution in [1.82, 2.24) is 6.15 Å². The van der Waals surface area contributed by atoms with Crippen LogP contribution in [-0.4, -0.2) is 12.4 Å². The van der Waals surface area contributed by atoms with Gasteiger partial charge in [-0.25, -0.2) is 4.79 Å². The van der Waals surface area contributed by atoms with Crippen molar-refractivity contribution >= 4 is 12.4 Å². The van der Waals surface area contributed by atoms with Gasteiger partial charge in [0.1, 0.15) is 12.4 Å². The summed E-state index contributed by atoms with van der Waals surface area (Å²) in [5, 5.41) is 0. The van der Waals surface area contributed by atoms with Gasteiger partial charge in [-0.2, -0.15) is 0 Å². The first-order chi connectivity index (χ1) is 6.31. The lowest BCUT2D eigenvalue weighted by atomic mass is 10.1. The zero-order chi connectivity index (χ0) is 9.26. The molecule has 2 rings (SSSR count). The van der Waals surface area contributed by atoms with Crippen molar-refractivity contribution in [2.45, 2.75) is 6.61 Å². The molecule has 0 spiro atoms. The fourth-order valence-corrected chi connectivity index (χ4v) is 1.24. The number of hydrogen-bond acceptors (Lipinski definition) is 5. The van der Waals surface area contributed by atoms with Gasteiger partial charge in [0, 0.05) is 5.56 Å². The maximum absolute atomic E-state index is 11.0. The zero-order valence-electron chi connectivity index (χ0n) is 7.36. The van der Waals surface area contributed by atoms with Crippen LogP contribution in [0.2, 0.25) is 0 Å². The minimum atomic E-state index is -0.326. The molecule has 0 fully saturated rings. The summed E-state index contributed by atoms with van der Waals surface area (Å²) in [6.45, 7) is 0.601. The molecule has 1 aliphatic rings. The summed E-state index contributed by atoms with van der Waals surface area (Å²) in [5.41, 5.74) is 1.29. The largest absolute Gasteiger partial charge is 0.457 e. The minimum Gasteiger partial charge on any atom is -0.457 e. The number of benzene rings is 1. The van der Waals surface area contributed by atoms with Crippen LogP contribution in [0.3, 0.4) is 0 Å². The maximum Gasteiger partial charge on any atom is 0.338 e. The molecule has 1 heterocycles. The molecule has 5 heteroatoms. The average Bonchev–Trinajstić information content (AvgIpc) is 2.48. The molecule has 0 atom stereocenters. The van der Waals surface area contributed by atoms with E-state index in [-0.39, 0.29) is 18.7 Å². The van der Waals surface area contributed by atoms with Crippen molar-refractivity contribution in [3.63, 3.8) is 0 Å². The van der Waals surface area contributed by atoms with E-state index in [1.807, 2.05) is 0 Å². The third-order valence-corrected chi connectivity index (χ3v) is 1.84. The van der Waals surface area contributed by atoms with Crippen LogP contribution in [-0.2, 0) is 16.1 Å². The van der Waals surface area contributed by atoms with Crippen molar-refractivity contribution in [2.75, 3.05) is 0 Å². The zero-order valence-corrected chi connectivity index (χ0v) is 7.36. The Hall–Kier alpha value is -1.88. The molecule has 1 aromatic rings. The lowest BCUT2D eigenvalue weighted by Crippen LogP contribution is -1.94. The Labute approximate surface area is 80.2 Å². The summed E-state index contributed by atoms with van der Waals surface area (Å²) >= 11 is 0. The van der Waals surface area contributed by atoms with Gasteiger partial charge in [-0.3, -0.25) is 4.79 Å². The second kappa shape index (κ2) is 3.89. The molecular formula is C9H9NO4. The van der Waals surface area contributed by atoms with E-state index in [9.17, 15) is 9.59 Å². The molecule has 0 saturated carbocycles. The highest BCUT2D eigenvalue weighted by Crippen LogP contribution is 2.24. The Morgan fingerprint density at radius 3 is 2.93 bits per heavy atom. The molecule has 0 aromatic heterocycles. The van der Waals surface area contributed by atoms with Crippen LogP contribution in [0.15, 0.2) is 18.2 Å². The van der Waals surface area contributed by atoms with E-state index in [0.717, 1.165) is 5.56 Å². The molecule has 0 aliphatic carbocycles. The number of ether oxygens (including phenoxy) is 2. The average molecular weight is 195 g/mol. The van der Waals surface area contributed by atoms with Crippen LogP contribution in [0.5, 0.6) is 5.75 Å². The van der Waals surface area contributed by atoms with Crippen LogP contribution in [0.4, 0.5) is 0 Å². The topological polar surface area (TPSA) is 87.6 Å². The fraction of sp³-hybridized carbons (Fsp3) is 0.111. The number of hydrogen-bond donors (Lipinski definition) is 1. The number of fused-ring (bicyclic) bond motifs is 1. The molecule has 3 N–H and O–H groups in total. The van der Waals surface area contributed by atoms with Gasteiger partial charge >= 0.3 is 5.97 Å². The summed E-state index contributed by atoms with van der Waals surface area (Å²) in [6, 6.07) is 4.76. The monoisotopic (exact) mass is 195 g/mol. The van der Waals surface area contributed by atoms with E-state index in [1.54, 1.807) is 18.2 Å². The SMILES string of the molecule is N.O=COc1ccc2c(c1)COC2=O. The van der Waals surface area contributed by atoms with Gasteiger partial charge in [0.15, 0.2) is 0 Å². The predicted octanol–water partition coefficient (Wildman–Crippen LogP) is 1.05. The van der Waals surface area contributed by atoms with Gasteiger partial charge in [-0.15, -0.1) is 0 Å². The Morgan fingerprint density at radius 1 is 1.43 bits per heavy atom. The number of esters is 1. The van der Waals surface area contributed by atoms with E-state index in [2.05, 4.69) is 4.74 Å². The summed E-state index contributed by atoms with van der Waals surface area (Å²) in [7, 11) is 0. The van der Waals surface area contributed by atoms with Crippen molar-refractivity contribution in [1.29, 1.82) is 0 Å². The van der Waals surface area contributed by atoms with Gasteiger partial charge in [0.25, 0.3) is 6.47 Å². The molecule has 14 heavy (non-hydrogen) atoms. The molecule has 0 bridgehead atoms. The van der Waals surface area contributed by atoms with Gasteiger partial charge in [0.05, 0.1) is 5.56 Å². The minimum absolute atomic E-state index is 0. The fourth-order valence-electron chi connectivity index (χ4n) is 1.24. The van der Waals surface area contributed by atoms with Crippen molar-refractivity contribution in [3.05, 3.63) is 29.3 Å². The van der Waals surface area contributed by atoms with Crippen LogP contribution in [0.25, 0.3) is 0 Å². The second-order valence-corrected chi connectivity index (χ2v) is 2.61. The van der Waals surface area contributed by atoms with Gasteiger partial charge < -0.3 is 15.6 Å². The molecule has 0 radical (unpaired) electrons. The lowest BCUT2D eigenvalue weighted by Gasteiger charge is -1.98. The Kier molecular flexibility index (Phi) is 2.83.